The molecule has 6 rings (SSSR count). The highest BCUT2D eigenvalue weighted by atomic mass is 19.1. The monoisotopic (exact) mass is 521 g/mol. The second kappa shape index (κ2) is 10.3. The Balaban J connectivity index is 1.23. The zero-order valence-corrected chi connectivity index (χ0v) is 21.4. The van der Waals surface area contributed by atoms with Crippen molar-refractivity contribution >= 4 is 16.8 Å². The van der Waals surface area contributed by atoms with Gasteiger partial charge in [-0.1, -0.05) is 42.5 Å². The lowest BCUT2D eigenvalue weighted by atomic mass is 9.90. The Bertz CT molecular complexity index is 1670. The first-order chi connectivity index (χ1) is 19.0. The molecule has 2 N–H and O–H groups in total. The van der Waals surface area contributed by atoms with Crippen LogP contribution in [0.2, 0.25) is 0 Å². The zero-order valence-electron chi connectivity index (χ0n) is 21.4. The van der Waals surface area contributed by atoms with Crippen LogP contribution in [0.15, 0.2) is 90.1 Å². The maximum atomic E-state index is 13.8. The lowest BCUT2D eigenvalue weighted by Crippen LogP contribution is -2.35. The van der Waals surface area contributed by atoms with E-state index in [0.29, 0.717) is 30.8 Å². The van der Waals surface area contributed by atoms with Crippen LogP contribution in [0, 0.1) is 5.82 Å². The van der Waals surface area contributed by atoms with Crippen molar-refractivity contribution in [1.29, 1.82) is 0 Å². The van der Waals surface area contributed by atoms with Gasteiger partial charge in [0, 0.05) is 29.0 Å². The van der Waals surface area contributed by atoms with Gasteiger partial charge in [0.05, 0.1) is 18.4 Å². The number of aryl methyl sites for hydroxylation is 1. The standard InChI is InChI=1S/C31H28FN5O2/c32-24-8-4-7-23(16-24)31(12-13-31)11-9-27-30(39)37(28(19-34-27)21-5-2-1-3-6-21)20-29(38)35-18-25-15-22-17-33-14-10-26(22)36-25/h1-8,10,14-17,19,36H,9,11-13,18,20H2,(H,35,38). The summed E-state index contributed by atoms with van der Waals surface area (Å²) in [6, 6.07) is 20.0. The third-order valence-electron chi connectivity index (χ3n) is 7.58. The molecular weight excluding hydrogens is 493 g/mol. The van der Waals surface area contributed by atoms with E-state index in [1.54, 1.807) is 30.7 Å². The summed E-state index contributed by atoms with van der Waals surface area (Å²) in [5.41, 5.74) is 4.17. The van der Waals surface area contributed by atoms with Crippen molar-refractivity contribution in [2.75, 3.05) is 0 Å². The molecule has 7 nitrogen and oxygen atoms in total. The maximum Gasteiger partial charge on any atom is 0.273 e. The number of halogens is 1. The minimum absolute atomic E-state index is 0.119. The van der Waals surface area contributed by atoms with Gasteiger partial charge in [0.15, 0.2) is 0 Å². The predicted octanol–water partition coefficient (Wildman–Crippen LogP) is 4.91. The zero-order chi connectivity index (χ0) is 26.8. The van der Waals surface area contributed by atoms with Crippen molar-refractivity contribution in [1.82, 2.24) is 24.8 Å². The molecule has 1 aliphatic carbocycles. The summed E-state index contributed by atoms with van der Waals surface area (Å²) < 4.78 is 15.4. The average molecular weight is 522 g/mol. The number of carbonyl (C=O) groups excluding carboxylic acids is 1. The Morgan fingerprint density at radius 3 is 2.67 bits per heavy atom. The van der Waals surface area contributed by atoms with Gasteiger partial charge in [-0.15, -0.1) is 0 Å². The molecule has 0 spiro atoms. The smallest absolute Gasteiger partial charge is 0.273 e. The van der Waals surface area contributed by atoms with Gasteiger partial charge in [-0.05, 0) is 66.5 Å². The van der Waals surface area contributed by atoms with E-state index in [1.807, 2.05) is 48.5 Å². The molecule has 196 valence electrons. The van der Waals surface area contributed by atoms with E-state index in [2.05, 4.69) is 20.3 Å². The van der Waals surface area contributed by atoms with E-state index in [-0.39, 0.29) is 29.2 Å². The SMILES string of the molecule is O=C(Cn1c(-c2ccccc2)cnc(CCC2(c3cccc(F)c3)CC2)c1=O)NCc1cc2cnccc2[nH]1. The number of hydrogen-bond donors (Lipinski definition) is 2. The van der Waals surface area contributed by atoms with Crippen molar-refractivity contribution in [3.8, 4) is 11.3 Å². The van der Waals surface area contributed by atoms with Gasteiger partial charge >= 0.3 is 0 Å². The van der Waals surface area contributed by atoms with Crippen LogP contribution in [0.25, 0.3) is 22.2 Å². The lowest BCUT2D eigenvalue weighted by molar-refractivity contribution is -0.121. The van der Waals surface area contributed by atoms with Crippen LogP contribution >= 0.6 is 0 Å². The van der Waals surface area contributed by atoms with Crippen LogP contribution in [0.3, 0.4) is 0 Å². The summed E-state index contributed by atoms with van der Waals surface area (Å²) in [7, 11) is 0. The Hall–Kier alpha value is -4.59. The van der Waals surface area contributed by atoms with Crippen molar-refractivity contribution in [2.24, 2.45) is 0 Å². The van der Waals surface area contributed by atoms with Gasteiger partial charge in [0.2, 0.25) is 5.91 Å². The second-order valence-electron chi connectivity index (χ2n) is 10.2. The fourth-order valence-electron chi connectivity index (χ4n) is 5.23. The Morgan fingerprint density at radius 2 is 1.90 bits per heavy atom. The fourth-order valence-corrected chi connectivity index (χ4v) is 5.23. The number of carbonyl (C=O) groups is 1. The Kier molecular flexibility index (Phi) is 6.52. The molecule has 1 amide bonds. The van der Waals surface area contributed by atoms with Gasteiger partial charge in [0.1, 0.15) is 18.1 Å². The first kappa shape index (κ1) is 24.7. The summed E-state index contributed by atoms with van der Waals surface area (Å²) >= 11 is 0. The van der Waals surface area contributed by atoms with Crippen molar-refractivity contribution in [3.63, 3.8) is 0 Å². The molecule has 0 unspecified atom stereocenters. The molecule has 0 atom stereocenters. The minimum Gasteiger partial charge on any atom is -0.357 e. The predicted molar refractivity (Wildman–Crippen MR) is 148 cm³/mol. The van der Waals surface area contributed by atoms with Crippen molar-refractivity contribution in [2.45, 2.75) is 44.2 Å². The third-order valence-corrected chi connectivity index (χ3v) is 7.58. The van der Waals surface area contributed by atoms with E-state index in [4.69, 9.17) is 0 Å². The molecule has 0 saturated heterocycles. The van der Waals surface area contributed by atoms with Gasteiger partial charge in [-0.2, -0.15) is 0 Å². The van der Waals surface area contributed by atoms with Gasteiger partial charge in [0.25, 0.3) is 5.56 Å². The van der Waals surface area contributed by atoms with Crippen LogP contribution in [-0.4, -0.2) is 25.4 Å². The molecule has 0 bridgehead atoms. The van der Waals surface area contributed by atoms with Crippen LogP contribution in [0.4, 0.5) is 4.39 Å². The first-order valence-electron chi connectivity index (χ1n) is 13.1. The number of pyridine rings is 1. The van der Waals surface area contributed by atoms with Gasteiger partial charge < -0.3 is 10.3 Å². The maximum absolute atomic E-state index is 13.8. The number of hydrogen-bond acceptors (Lipinski definition) is 4. The van der Waals surface area contributed by atoms with E-state index >= 15 is 0 Å². The highest BCUT2D eigenvalue weighted by Crippen LogP contribution is 2.51. The van der Waals surface area contributed by atoms with Crippen molar-refractivity contribution in [3.05, 3.63) is 118 Å². The van der Waals surface area contributed by atoms with Gasteiger partial charge in [-0.25, -0.2) is 4.39 Å². The number of H-pyrrole nitrogens is 1. The fraction of sp³-hybridized carbons (Fsp3) is 0.226. The van der Waals surface area contributed by atoms with Gasteiger partial charge in [-0.3, -0.25) is 24.1 Å². The number of fused-ring (bicyclic) bond motifs is 1. The lowest BCUT2D eigenvalue weighted by Gasteiger charge is -2.17. The summed E-state index contributed by atoms with van der Waals surface area (Å²) in [6.45, 7) is 0.173. The molecule has 1 fully saturated rings. The number of aromatic nitrogens is 4. The molecule has 8 heteroatoms. The summed E-state index contributed by atoms with van der Waals surface area (Å²) in [5, 5.41) is 3.89. The highest BCUT2D eigenvalue weighted by Gasteiger charge is 2.44. The molecule has 5 aromatic rings. The van der Waals surface area contributed by atoms with Crippen LogP contribution in [0.5, 0.6) is 0 Å². The number of nitrogens with zero attached hydrogens (tertiary/aromatic N) is 3. The number of aromatic amines is 1. The molecule has 1 aliphatic rings. The molecule has 0 radical (unpaired) electrons. The molecular formula is C31H28FN5O2. The first-order valence-corrected chi connectivity index (χ1v) is 13.1. The highest BCUT2D eigenvalue weighted by molar-refractivity contribution is 5.80. The topological polar surface area (TPSA) is 92.7 Å². The number of benzene rings is 2. The van der Waals surface area contributed by atoms with Crippen LogP contribution in [0.1, 0.15) is 36.2 Å². The molecule has 1 saturated carbocycles. The average Bonchev–Trinajstić information content (AvgIpc) is 3.63. The minimum atomic E-state index is -0.279. The van der Waals surface area contributed by atoms with E-state index in [9.17, 15) is 14.0 Å². The van der Waals surface area contributed by atoms with E-state index in [0.717, 1.165) is 40.6 Å². The summed E-state index contributed by atoms with van der Waals surface area (Å²) in [4.78, 5) is 38.6. The summed E-state index contributed by atoms with van der Waals surface area (Å²) in [5.74, 6) is -0.525. The van der Waals surface area contributed by atoms with Crippen LogP contribution < -0.4 is 10.9 Å². The molecule has 2 aromatic carbocycles. The summed E-state index contributed by atoms with van der Waals surface area (Å²) in [6.07, 6.45) is 8.22. The molecule has 3 aromatic heterocycles. The number of rotatable bonds is 9. The molecule has 3 heterocycles. The largest absolute Gasteiger partial charge is 0.357 e. The Labute approximate surface area is 224 Å². The third kappa shape index (κ3) is 5.23. The van der Waals surface area contributed by atoms with E-state index in [1.165, 1.54) is 10.6 Å². The second-order valence-corrected chi connectivity index (χ2v) is 10.2. The van der Waals surface area contributed by atoms with Crippen molar-refractivity contribution < 1.29 is 9.18 Å². The molecule has 39 heavy (non-hydrogen) atoms. The normalized spacial score (nSPS) is 13.9. The van der Waals surface area contributed by atoms with Crippen LogP contribution in [-0.2, 0) is 29.7 Å². The quantitative estimate of drug-likeness (QED) is 0.288. The number of amides is 1. The van der Waals surface area contributed by atoms with E-state index < -0.39 is 0 Å². The number of nitrogens with one attached hydrogen (secondary N) is 2. The Morgan fingerprint density at radius 1 is 1.05 bits per heavy atom. The molecule has 0 aliphatic heterocycles.